The van der Waals surface area contributed by atoms with Crippen molar-refractivity contribution >= 4 is 5.91 Å². The number of allylic oxidation sites excluding steroid dienone is 8. The Labute approximate surface area is 161 Å². The van der Waals surface area contributed by atoms with Gasteiger partial charge < -0.3 is 5.73 Å². The maximum atomic E-state index is 11.3. The first-order chi connectivity index (χ1) is 12.7. The molecule has 1 aliphatic rings. The van der Waals surface area contributed by atoms with E-state index in [-0.39, 0.29) is 11.3 Å². The third kappa shape index (κ3) is 11.1. The summed E-state index contributed by atoms with van der Waals surface area (Å²) in [6, 6.07) is 0. The quantitative estimate of drug-likeness (QED) is 0.240. The fraction of sp³-hybridized carbons (Fsp3) is 0.625. The van der Waals surface area contributed by atoms with E-state index in [0.29, 0.717) is 0 Å². The second-order valence-corrected chi connectivity index (χ2v) is 7.48. The summed E-state index contributed by atoms with van der Waals surface area (Å²) < 4.78 is 0. The smallest absolute Gasteiger partial charge is 0.223 e. The number of primary amides is 1. The third-order valence-corrected chi connectivity index (χ3v) is 5.11. The van der Waals surface area contributed by atoms with Gasteiger partial charge in [-0.2, -0.15) is 0 Å². The Balaban J connectivity index is 1.90. The van der Waals surface area contributed by atoms with Gasteiger partial charge in [0, 0.05) is 5.41 Å². The molecular weight excluding hydrogens is 318 g/mol. The summed E-state index contributed by atoms with van der Waals surface area (Å²) in [4.78, 5) is 11.3. The fourth-order valence-electron chi connectivity index (χ4n) is 3.06. The number of carbonyl (C=O) groups is 1. The van der Waals surface area contributed by atoms with Gasteiger partial charge in [-0.1, -0.05) is 74.8 Å². The van der Waals surface area contributed by atoms with Crippen LogP contribution in [0, 0.1) is 5.41 Å². The molecule has 0 spiro atoms. The molecular formula is C24H39NO. The van der Waals surface area contributed by atoms with E-state index in [2.05, 4.69) is 55.5 Å². The van der Waals surface area contributed by atoms with E-state index in [1.165, 1.54) is 25.7 Å². The van der Waals surface area contributed by atoms with Crippen molar-refractivity contribution < 1.29 is 4.79 Å². The SMILES string of the molecule is CCCCC/C=C\C/C=C\C/C=C\C/C=C\CCCCC1(C(N)=O)CC1. The predicted octanol–water partition coefficient (Wildman–Crippen LogP) is 6.79. The number of unbranched alkanes of at least 4 members (excludes halogenated alkanes) is 5. The molecule has 1 saturated carbocycles. The van der Waals surface area contributed by atoms with Crippen LogP contribution in [0.2, 0.25) is 0 Å². The Bertz CT molecular complexity index is 480. The summed E-state index contributed by atoms with van der Waals surface area (Å²) in [6.07, 6.45) is 32.7. The summed E-state index contributed by atoms with van der Waals surface area (Å²) >= 11 is 0. The Morgan fingerprint density at radius 1 is 0.769 bits per heavy atom. The fourth-order valence-corrected chi connectivity index (χ4v) is 3.06. The summed E-state index contributed by atoms with van der Waals surface area (Å²) in [7, 11) is 0. The lowest BCUT2D eigenvalue weighted by Gasteiger charge is -2.08. The van der Waals surface area contributed by atoms with Crippen LogP contribution in [0.3, 0.4) is 0 Å². The minimum absolute atomic E-state index is 0.0878. The highest BCUT2D eigenvalue weighted by Gasteiger charge is 2.47. The minimum Gasteiger partial charge on any atom is -0.369 e. The molecule has 2 N–H and O–H groups in total. The molecule has 0 heterocycles. The monoisotopic (exact) mass is 357 g/mol. The molecule has 0 saturated heterocycles. The Kier molecular flexibility index (Phi) is 12.6. The van der Waals surface area contributed by atoms with Crippen LogP contribution in [-0.4, -0.2) is 5.91 Å². The Hall–Kier alpha value is -1.57. The van der Waals surface area contributed by atoms with E-state index in [1.807, 2.05) is 0 Å². The molecule has 1 fully saturated rings. The number of carbonyl (C=O) groups excluding carboxylic acids is 1. The largest absolute Gasteiger partial charge is 0.369 e. The van der Waals surface area contributed by atoms with Crippen LogP contribution >= 0.6 is 0 Å². The number of rotatable bonds is 16. The summed E-state index contributed by atoms with van der Waals surface area (Å²) in [5.74, 6) is -0.0878. The molecule has 0 radical (unpaired) electrons. The van der Waals surface area contributed by atoms with Crippen LogP contribution in [0.5, 0.6) is 0 Å². The molecule has 26 heavy (non-hydrogen) atoms. The van der Waals surface area contributed by atoms with Gasteiger partial charge >= 0.3 is 0 Å². The zero-order valence-electron chi connectivity index (χ0n) is 16.8. The summed E-state index contributed by atoms with van der Waals surface area (Å²) in [5.41, 5.74) is 5.32. The normalized spacial score (nSPS) is 16.5. The van der Waals surface area contributed by atoms with Crippen LogP contribution in [0.4, 0.5) is 0 Å². The van der Waals surface area contributed by atoms with Gasteiger partial charge in [-0.3, -0.25) is 4.79 Å². The van der Waals surface area contributed by atoms with Crippen molar-refractivity contribution in [2.45, 2.75) is 90.4 Å². The highest BCUT2D eigenvalue weighted by molar-refractivity contribution is 5.83. The first-order valence-electron chi connectivity index (χ1n) is 10.6. The third-order valence-electron chi connectivity index (χ3n) is 5.11. The van der Waals surface area contributed by atoms with Crippen LogP contribution in [-0.2, 0) is 4.79 Å². The number of hydrogen-bond acceptors (Lipinski definition) is 1. The van der Waals surface area contributed by atoms with E-state index in [0.717, 1.165) is 57.8 Å². The topological polar surface area (TPSA) is 43.1 Å². The van der Waals surface area contributed by atoms with Gasteiger partial charge in [-0.25, -0.2) is 0 Å². The molecule has 1 amide bonds. The van der Waals surface area contributed by atoms with Crippen molar-refractivity contribution in [2.24, 2.45) is 11.1 Å². The zero-order chi connectivity index (χ0) is 18.9. The van der Waals surface area contributed by atoms with E-state index in [1.54, 1.807) is 0 Å². The van der Waals surface area contributed by atoms with Crippen LogP contribution in [0.15, 0.2) is 48.6 Å². The molecule has 0 aromatic carbocycles. The molecule has 0 aromatic rings. The van der Waals surface area contributed by atoms with Crippen molar-refractivity contribution in [3.05, 3.63) is 48.6 Å². The molecule has 1 aliphatic carbocycles. The average Bonchev–Trinajstić information content (AvgIpc) is 3.42. The highest BCUT2D eigenvalue weighted by Crippen LogP contribution is 2.49. The van der Waals surface area contributed by atoms with Crippen molar-refractivity contribution in [3.63, 3.8) is 0 Å². The molecule has 0 aliphatic heterocycles. The van der Waals surface area contributed by atoms with Gasteiger partial charge in [0.05, 0.1) is 0 Å². The molecule has 2 nitrogen and oxygen atoms in total. The van der Waals surface area contributed by atoms with Crippen molar-refractivity contribution in [1.82, 2.24) is 0 Å². The molecule has 146 valence electrons. The van der Waals surface area contributed by atoms with Crippen LogP contribution in [0.1, 0.15) is 90.4 Å². The molecule has 0 atom stereocenters. The number of hydrogen-bond donors (Lipinski definition) is 1. The van der Waals surface area contributed by atoms with Gasteiger partial charge in [-0.15, -0.1) is 0 Å². The standard InChI is InChI=1S/C24H39NO/c1-2-3-4-5-6-7-8-9-10-11-12-13-14-15-16-17-18-19-20-24(21-22-24)23(25)26/h6-7,9-10,12-13,15-16H,2-5,8,11,14,17-22H2,1H3,(H2,25,26)/b7-6-,10-9-,13-12-,16-15-. The molecule has 0 unspecified atom stereocenters. The Morgan fingerprint density at radius 2 is 1.23 bits per heavy atom. The number of nitrogens with two attached hydrogens (primary N) is 1. The second kappa shape index (κ2) is 14.6. The molecule has 2 heteroatoms. The zero-order valence-corrected chi connectivity index (χ0v) is 16.8. The van der Waals surface area contributed by atoms with Gasteiger partial charge in [0.1, 0.15) is 0 Å². The predicted molar refractivity (Wildman–Crippen MR) is 114 cm³/mol. The maximum absolute atomic E-state index is 11.3. The van der Waals surface area contributed by atoms with Gasteiger partial charge in [0.25, 0.3) is 0 Å². The van der Waals surface area contributed by atoms with Crippen molar-refractivity contribution in [2.75, 3.05) is 0 Å². The van der Waals surface area contributed by atoms with Crippen molar-refractivity contribution in [1.29, 1.82) is 0 Å². The van der Waals surface area contributed by atoms with E-state index in [4.69, 9.17) is 5.73 Å². The maximum Gasteiger partial charge on any atom is 0.223 e. The van der Waals surface area contributed by atoms with E-state index >= 15 is 0 Å². The second-order valence-electron chi connectivity index (χ2n) is 7.48. The lowest BCUT2D eigenvalue weighted by Crippen LogP contribution is -2.24. The van der Waals surface area contributed by atoms with Crippen molar-refractivity contribution in [3.8, 4) is 0 Å². The van der Waals surface area contributed by atoms with E-state index < -0.39 is 0 Å². The average molecular weight is 358 g/mol. The summed E-state index contributed by atoms with van der Waals surface area (Å²) in [6.45, 7) is 2.24. The summed E-state index contributed by atoms with van der Waals surface area (Å²) in [5, 5.41) is 0. The Morgan fingerprint density at radius 3 is 1.65 bits per heavy atom. The first kappa shape index (κ1) is 22.5. The highest BCUT2D eigenvalue weighted by atomic mass is 16.1. The lowest BCUT2D eigenvalue weighted by atomic mass is 9.98. The van der Waals surface area contributed by atoms with Gasteiger partial charge in [0.15, 0.2) is 0 Å². The molecule has 0 aromatic heterocycles. The number of amides is 1. The van der Waals surface area contributed by atoms with Gasteiger partial charge in [-0.05, 0) is 64.2 Å². The molecule has 0 bridgehead atoms. The first-order valence-corrected chi connectivity index (χ1v) is 10.6. The minimum atomic E-state index is -0.120. The van der Waals surface area contributed by atoms with E-state index in [9.17, 15) is 4.79 Å². The van der Waals surface area contributed by atoms with Crippen LogP contribution < -0.4 is 5.73 Å². The van der Waals surface area contributed by atoms with Crippen LogP contribution in [0.25, 0.3) is 0 Å². The lowest BCUT2D eigenvalue weighted by molar-refractivity contribution is -0.123. The van der Waals surface area contributed by atoms with Gasteiger partial charge in [0.2, 0.25) is 5.91 Å². The molecule has 1 rings (SSSR count).